The molecule has 0 spiro atoms. The van der Waals surface area contributed by atoms with E-state index < -0.39 is 10.0 Å². The summed E-state index contributed by atoms with van der Waals surface area (Å²) in [6.45, 7) is 0.999. The van der Waals surface area contributed by atoms with Gasteiger partial charge in [0.05, 0.1) is 31.0 Å². The summed E-state index contributed by atoms with van der Waals surface area (Å²) in [5, 5.41) is 13.1. The summed E-state index contributed by atoms with van der Waals surface area (Å²) in [6, 6.07) is 11.5. The lowest BCUT2D eigenvalue weighted by Crippen LogP contribution is -2.18. The third-order valence-electron chi connectivity index (χ3n) is 4.72. The van der Waals surface area contributed by atoms with Gasteiger partial charge in [0.2, 0.25) is 15.9 Å². The van der Waals surface area contributed by atoms with Crippen molar-refractivity contribution in [3.05, 3.63) is 70.5 Å². The quantitative estimate of drug-likeness (QED) is 0.624. The molecule has 0 aliphatic carbocycles. The smallest absolute Gasteiger partial charge is 0.240 e. The molecule has 3 N–H and O–H groups in total. The summed E-state index contributed by atoms with van der Waals surface area (Å²) >= 11 is 6.09. The maximum atomic E-state index is 12.4. The van der Waals surface area contributed by atoms with Gasteiger partial charge in [-0.3, -0.25) is 4.79 Å². The third-order valence-corrected chi connectivity index (χ3v) is 6.03. The van der Waals surface area contributed by atoms with Crippen LogP contribution < -0.4 is 10.5 Å². The van der Waals surface area contributed by atoms with Crippen LogP contribution in [0.2, 0.25) is 5.02 Å². The van der Waals surface area contributed by atoms with Gasteiger partial charge in [-0.1, -0.05) is 29.8 Å². The minimum absolute atomic E-state index is 0.0536. The molecule has 8 nitrogen and oxygen atoms in total. The number of aromatic nitrogens is 2. The minimum Gasteiger partial charge on any atom is -0.376 e. The Bertz CT molecular complexity index is 1200. The number of amides is 1. The number of nitrogens with two attached hydrogens (primary N) is 1. The fourth-order valence-corrected chi connectivity index (χ4v) is 4.23. The van der Waals surface area contributed by atoms with E-state index in [0.717, 1.165) is 11.3 Å². The van der Waals surface area contributed by atoms with Crippen molar-refractivity contribution in [2.24, 2.45) is 5.14 Å². The lowest BCUT2D eigenvalue weighted by molar-refractivity contribution is -0.115. The number of sulfonamides is 1. The Labute approximate surface area is 178 Å². The predicted octanol–water partition coefficient (Wildman–Crippen LogP) is 2.43. The summed E-state index contributed by atoms with van der Waals surface area (Å²) in [7, 11) is -4.07. The van der Waals surface area contributed by atoms with Crippen LogP contribution in [0, 0.1) is 0 Å². The first-order valence-corrected chi connectivity index (χ1v) is 11.1. The van der Waals surface area contributed by atoms with Gasteiger partial charge in [0, 0.05) is 28.9 Å². The number of ether oxygens (including phenoxy) is 1. The molecule has 0 unspecified atom stereocenters. The van der Waals surface area contributed by atoms with Crippen LogP contribution in [0.1, 0.15) is 16.8 Å². The molecule has 0 saturated heterocycles. The van der Waals surface area contributed by atoms with Gasteiger partial charge in [-0.05, 0) is 29.8 Å². The third kappa shape index (κ3) is 4.39. The average Bonchev–Trinajstić information content (AvgIpc) is 3.13. The van der Waals surface area contributed by atoms with E-state index in [-0.39, 0.29) is 17.2 Å². The monoisotopic (exact) mass is 446 g/mol. The van der Waals surface area contributed by atoms with Crippen molar-refractivity contribution >= 4 is 33.2 Å². The Morgan fingerprint density at radius 1 is 1.27 bits per heavy atom. The van der Waals surface area contributed by atoms with Gasteiger partial charge in [0.1, 0.15) is 4.90 Å². The molecule has 30 heavy (non-hydrogen) atoms. The number of carbonyl (C=O) groups is 1. The Kier molecular flexibility index (Phi) is 5.61. The van der Waals surface area contributed by atoms with E-state index in [1.165, 1.54) is 10.7 Å². The van der Waals surface area contributed by atoms with Crippen molar-refractivity contribution in [2.45, 2.75) is 24.3 Å². The summed E-state index contributed by atoms with van der Waals surface area (Å²) in [6.07, 6.45) is 2.44. The Morgan fingerprint density at radius 3 is 2.80 bits per heavy atom. The number of primary sulfonamides is 1. The molecule has 1 aromatic heterocycles. The van der Waals surface area contributed by atoms with Crippen LogP contribution in [0.4, 0.5) is 5.69 Å². The second kappa shape index (κ2) is 8.19. The summed E-state index contributed by atoms with van der Waals surface area (Å²) in [5.74, 6) is -0.331. The summed E-state index contributed by atoms with van der Waals surface area (Å²) in [4.78, 5) is 12.3. The normalized spacial score (nSPS) is 13.7. The molecule has 0 saturated carbocycles. The number of hydrogen-bond acceptors (Lipinski definition) is 5. The summed E-state index contributed by atoms with van der Waals surface area (Å²) < 4.78 is 31.3. The fraction of sp³-hybridized carbons (Fsp3) is 0.200. The number of halogens is 1. The van der Waals surface area contributed by atoms with E-state index in [9.17, 15) is 13.2 Å². The highest BCUT2D eigenvalue weighted by Crippen LogP contribution is 2.26. The number of fused-ring (bicyclic) bond motifs is 1. The second-order valence-corrected chi connectivity index (χ2v) is 8.83. The van der Waals surface area contributed by atoms with E-state index in [4.69, 9.17) is 21.5 Å². The fourth-order valence-electron chi connectivity index (χ4n) is 3.28. The molecule has 0 fully saturated rings. The summed E-state index contributed by atoms with van der Waals surface area (Å²) in [5.41, 5.74) is 3.04. The zero-order valence-electron chi connectivity index (χ0n) is 15.8. The van der Waals surface area contributed by atoms with Crippen LogP contribution in [-0.2, 0) is 39.0 Å². The van der Waals surface area contributed by atoms with Gasteiger partial charge in [0.25, 0.3) is 0 Å². The number of benzene rings is 2. The first-order chi connectivity index (χ1) is 14.3. The highest BCUT2D eigenvalue weighted by atomic mass is 35.5. The molecule has 10 heteroatoms. The minimum atomic E-state index is -4.07. The first-order valence-electron chi connectivity index (χ1n) is 9.17. The van der Waals surface area contributed by atoms with Crippen LogP contribution in [0.3, 0.4) is 0 Å². The number of nitrogens with zero attached hydrogens (tertiary/aromatic N) is 2. The van der Waals surface area contributed by atoms with Crippen LogP contribution in [-0.4, -0.2) is 30.7 Å². The average molecular weight is 447 g/mol. The topological polar surface area (TPSA) is 116 Å². The predicted molar refractivity (Wildman–Crippen MR) is 112 cm³/mol. The standard InChI is InChI=1S/C20H19ClN4O4S/c21-16-4-2-1-3-13(16)9-20(26)23-15-5-6-18(19(10-15)30(22,27)28)25-11-14-12-29-8-7-17(14)24-25/h1-6,10-11H,7-9,12H2,(H,23,26)(H2,22,27,28). The maximum Gasteiger partial charge on any atom is 0.240 e. The van der Waals surface area contributed by atoms with Crippen LogP contribution >= 0.6 is 11.6 Å². The molecule has 1 aliphatic heterocycles. The zero-order chi connectivity index (χ0) is 21.3. The molecular weight excluding hydrogens is 428 g/mol. The van der Waals surface area contributed by atoms with Crippen LogP contribution in [0.25, 0.3) is 5.69 Å². The lowest BCUT2D eigenvalue weighted by Gasteiger charge is -2.12. The molecule has 4 rings (SSSR count). The van der Waals surface area contributed by atoms with Gasteiger partial charge >= 0.3 is 0 Å². The van der Waals surface area contributed by atoms with Crippen molar-refractivity contribution in [1.29, 1.82) is 0 Å². The number of hydrogen-bond donors (Lipinski definition) is 2. The van der Waals surface area contributed by atoms with E-state index in [2.05, 4.69) is 10.4 Å². The van der Waals surface area contributed by atoms with Gasteiger partial charge in [-0.2, -0.15) is 5.10 Å². The van der Waals surface area contributed by atoms with Crippen LogP contribution in [0.5, 0.6) is 0 Å². The Morgan fingerprint density at radius 2 is 2.07 bits per heavy atom. The van der Waals surface area contributed by atoms with E-state index in [0.29, 0.717) is 41.6 Å². The van der Waals surface area contributed by atoms with Crippen molar-refractivity contribution in [2.75, 3.05) is 11.9 Å². The highest BCUT2D eigenvalue weighted by Gasteiger charge is 2.21. The molecule has 2 heterocycles. The van der Waals surface area contributed by atoms with Gasteiger partial charge < -0.3 is 10.1 Å². The number of rotatable bonds is 5. The SMILES string of the molecule is NS(=O)(=O)c1cc(NC(=O)Cc2ccccc2Cl)ccc1-n1cc2c(n1)CCOC2. The number of carbonyl (C=O) groups excluding carboxylic acids is 1. The number of anilines is 1. The molecule has 1 amide bonds. The van der Waals surface area contributed by atoms with E-state index in [1.807, 2.05) is 0 Å². The molecular formula is C20H19ClN4O4S. The van der Waals surface area contributed by atoms with Gasteiger partial charge in [0.15, 0.2) is 0 Å². The lowest BCUT2D eigenvalue weighted by atomic mass is 10.1. The van der Waals surface area contributed by atoms with Crippen molar-refractivity contribution < 1.29 is 17.9 Å². The van der Waals surface area contributed by atoms with E-state index >= 15 is 0 Å². The zero-order valence-corrected chi connectivity index (χ0v) is 17.4. The molecule has 1 aliphatic rings. The Hall–Kier alpha value is -2.72. The molecule has 0 radical (unpaired) electrons. The second-order valence-electron chi connectivity index (χ2n) is 6.89. The van der Waals surface area contributed by atoms with Crippen LogP contribution in [0.15, 0.2) is 53.6 Å². The van der Waals surface area contributed by atoms with Gasteiger partial charge in [-0.25, -0.2) is 18.2 Å². The van der Waals surface area contributed by atoms with Crippen molar-refractivity contribution in [1.82, 2.24) is 9.78 Å². The molecule has 156 valence electrons. The largest absolute Gasteiger partial charge is 0.376 e. The maximum absolute atomic E-state index is 12.4. The number of nitrogens with one attached hydrogen (secondary N) is 1. The van der Waals surface area contributed by atoms with Crippen molar-refractivity contribution in [3.63, 3.8) is 0 Å². The Balaban J connectivity index is 1.63. The first kappa shape index (κ1) is 20.5. The van der Waals surface area contributed by atoms with Gasteiger partial charge in [-0.15, -0.1) is 0 Å². The van der Waals surface area contributed by atoms with E-state index in [1.54, 1.807) is 42.6 Å². The van der Waals surface area contributed by atoms with Crippen molar-refractivity contribution in [3.8, 4) is 5.69 Å². The molecule has 2 aromatic carbocycles. The highest BCUT2D eigenvalue weighted by molar-refractivity contribution is 7.89. The molecule has 3 aromatic rings. The molecule has 0 atom stereocenters. The molecule has 0 bridgehead atoms.